The number of nitrogens with one attached hydrogen (secondary N) is 1. The number of amidine groups is 1. The molecular formula is C13H18BrN3. The molecular weight excluding hydrogens is 278 g/mol. The molecule has 0 unspecified atom stereocenters. The summed E-state index contributed by atoms with van der Waals surface area (Å²) >= 11 is 3.43. The summed E-state index contributed by atoms with van der Waals surface area (Å²) in [5, 5.41) is 7.67. The van der Waals surface area contributed by atoms with E-state index in [0.29, 0.717) is 6.04 Å². The van der Waals surface area contributed by atoms with E-state index in [2.05, 4.69) is 27.9 Å². The van der Waals surface area contributed by atoms with E-state index in [1.54, 1.807) is 0 Å². The van der Waals surface area contributed by atoms with Crippen molar-refractivity contribution in [3.05, 3.63) is 28.2 Å². The Balaban J connectivity index is 2.33. The fraction of sp³-hybridized carbons (Fsp3) is 0.462. The molecule has 1 saturated carbocycles. The standard InChI is InChI=1S/C13H18BrN3/c1-17(10-4-2-3-5-10)12-7-6-9(14)8-11(12)13(15)16/h6-8,10H,2-5H2,1H3,(H3,15,16). The molecule has 0 spiro atoms. The zero-order valence-corrected chi connectivity index (χ0v) is 11.6. The zero-order chi connectivity index (χ0) is 12.4. The van der Waals surface area contributed by atoms with Gasteiger partial charge in [0.2, 0.25) is 0 Å². The van der Waals surface area contributed by atoms with Crippen LogP contribution < -0.4 is 10.6 Å². The predicted octanol–water partition coefficient (Wildman–Crippen LogP) is 3.11. The van der Waals surface area contributed by atoms with Crippen molar-refractivity contribution in [2.75, 3.05) is 11.9 Å². The van der Waals surface area contributed by atoms with Crippen LogP contribution in [0.1, 0.15) is 31.2 Å². The quantitative estimate of drug-likeness (QED) is 0.665. The largest absolute Gasteiger partial charge is 0.384 e. The second kappa shape index (κ2) is 5.08. The average Bonchev–Trinajstić information content (AvgIpc) is 2.81. The van der Waals surface area contributed by atoms with Crippen LogP contribution in [0.3, 0.4) is 0 Å². The number of benzene rings is 1. The Morgan fingerprint density at radius 3 is 2.65 bits per heavy atom. The van der Waals surface area contributed by atoms with Gasteiger partial charge in [-0.25, -0.2) is 0 Å². The number of rotatable bonds is 3. The van der Waals surface area contributed by atoms with Gasteiger partial charge in [0.1, 0.15) is 5.84 Å². The number of hydrogen-bond acceptors (Lipinski definition) is 2. The Hall–Kier alpha value is -1.03. The highest BCUT2D eigenvalue weighted by Gasteiger charge is 2.22. The topological polar surface area (TPSA) is 53.1 Å². The van der Waals surface area contributed by atoms with Crippen LogP contribution in [0, 0.1) is 5.41 Å². The molecule has 0 heterocycles. The molecule has 0 amide bonds. The van der Waals surface area contributed by atoms with E-state index >= 15 is 0 Å². The minimum Gasteiger partial charge on any atom is -0.384 e. The van der Waals surface area contributed by atoms with Gasteiger partial charge in [0.05, 0.1) is 0 Å². The van der Waals surface area contributed by atoms with Crippen LogP contribution in [0.4, 0.5) is 5.69 Å². The van der Waals surface area contributed by atoms with Gasteiger partial charge in [-0.3, -0.25) is 5.41 Å². The number of nitrogens with two attached hydrogens (primary N) is 1. The Labute approximate surface area is 111 Å². The summed E-state index contributed by atoms with van der Waals surface area (Å²) in [7, 11) is 2.10. The highest BCUT2D eigenvalue weighted by atomic mass is 79.9. The van der Waals surface area contributed by atoms with Crippen molar-refractivity contribution in [3.8, 4) is 0 Å². The third-order valence-corrected chi connectivity index (χ3v) is 3.99. The first kappa shape index (κ1) is 12.4. The van der Waals surface area contributed by atoms with E-state index in [0.717, 1.165) is 15.7 Å². The highest BCUT2D eigenvalue weighted by molar-refractivity contribution is 9.10. The van der Waals surface area contributed by atoms with Crippen molar-refractivity contribution in [2.45, 2.75) is 31.7 Å². The molecule has 1 aromatic rings. The summed E-state index contributed by atoms with van der Waals surface area (Å²) in [6.07, 6.45) is 5.09. The normalized spacial score (nSPS) is 16.1. The van der Waals surface area contributed by atoms with E-state index in [-0.39, 0.29) is 5.84 Å². The Kier molecular flexibility index (Phi) is 3.72. The third kappa shape index (κ3) is 2.63. The van der Waals surface area contributed by atoms with Crippen molar-refractivity contribution in [2.24, 2.45) is 5.73 Å². The van der Waals surface area contributed by atoms with E-state index < -0.39 is 0 Å². The first-order valence-corrected chi connectivity index (χ1v) is 6.75. The maximum atomic E-state index is 7.67. The summed E-state index contributed by atoms with van der Waals surface area (Å²) in [6.45, 7) is 0. The monoisotopic (exact) mass is 295 g/mol. The van der Waals surface area contributed by atoms with Crippen LogP contribution in [0.25, 0.3) is 0 Å². The molecule has 1 aliphatic carbocycles. The maximum absolute atomic E-state index is 7.67. The fourth-order valence-corrected chi connectivity index (χ4v) is 2.88. The van der Waals surface area contributed by atoms with Crippen LogP contribution >= 0.6 is 15.9 Å². The van der Waals surface area contributed by atoms with Crippen LogP contribution in [0.5, 0.6) is 0 Å². The van der Waals surface area contributed by atoms with Crippen LogP contribution in [0.2, 0.25) is 0 Å². The second-order valence-electron chi connectivity index (χ2n) is 4.62. The lowest BCUT2D eigenvalue weighted by molar-refractivity contribution is 0.653. The molecule has 3 nitrogen and oxygen atoms in total. The van der Waals surface area contributed by atoms with E-state index in [1.165, 1.54) is 25.7 Å². The molecule has 0 aromatic heterocycles. The number of nitrogens with zero attached hydrogens (tertiary/aromatic N) is 1. The van der Waals surface area contributed by atoms with Gasteiger partial charge in [-0.15, -0.1) is 0 Å². The van der Waals surface area contributed by atoms with Gasteiger partial charge in [-0.2, -0.15) is 0 Å². The molecule has 0 radical (unpaired) electrons. The van der Waals surface area contributed by atoms with Crippen LogP contribution in [0.15, 0.2) is 22.7 Å². The van der Waals surface area contributed by atoms with E-state index in [9.17, 15) is 0 Å². The predicted molar refractivity (Wildman–Crippen MR) is 75.8 cm³/mol. The number of nitrogen functional groups attached to an aromatic ring is 1. The Bertz CT molecular complexity index is 425. The molecule has 92 valence electrons. The number of anilines is 1. The Morgan fingerprint density at radius 1 is 1.41 bits per heavy atom. The Morgan fingerprint density at radius 2 is 2.06 bits per heavy atom. The second-order valence-corrected chi connectivity index (χ2v) is 5.54. The van der Waals surface area contributed by atoms with Gasteiger partial charge < -0.3 is 10.6 Å². The van der Waals surface area contributed by atoms with Gasteiger partial charge in [0, 0.05) is 28.8 Å². The summed E-state index contributed by atoms with van der Waals surface area (Å²) in [6, 6.07) is 6.56. The highest BCUT2D eigenvalue weighted by Crippen LogP contribution is 2.30. The lowest BCUT2D eigenvalue weighted by Crippen LogP contribution is -2.31. The smallest absolute Gasteiger partial charge is 0.124 e. The third-order valence-electron chi connectivity index (χ3n) is 3.50. The van der Waals surface area contributed by atoms with E-state index in [1.807, 2.05) is 18.2 Å². The molecule has 1 aromatic carbocycles. The summed E-state index contributed by atoms with van der Waals surface area (Å²) in [4.78, 5) is 2.27. The van der Waals surface area contributed by atoms with Gasteiger partial charge in [0.25, 0.3) is 0 Å². The first-order valence-electron chi connectivity index (χ1n) is 5.96. The van der Waals surface area contributed by atoms with Crippen LogP contribution in [-0.2, 0) is 0 Å². The molecule has 1 aliphatic rings. The molecule has 0 saturated heterocycles. The molecule has 4 heteroatoms. The fourth-order valence-electron chi connectivity index (χ4n) is 2.52. The van der Waals surface area contributed by atoms with E-state index in [4.69, 9.17) is 11.1 Å². The minimum absolute atomic E-state index is 0.131. The maximum Gasteiger partial charge on any atom is 0.124 e. The lowest BCUT2D eigenvalue weighted by Gasteiger charge is -2.28. The lowest BCUT2D eigenvalue weighted by atomic mass is 10.1. The zero-order valence-electron chi connectivity index (χ0n) is 10.0. The van der Waals surface area contributed by atoms with Crippen molar-refractivity contribution < 1.29 is 0 Å². The SMILES string of the molecule is CN(c1ccc(Br)cc1C(=N)N)C1CCCC1. The summed E-state index contributed by atoms with van der Waals surface area (Å²) < 4.78 is 0.964. The van der Waals surface area contributed by atoms with Crippen LogP contribution in [-0.4, -0.2) is 18.9 Å². The molecule has 17 heavy (non-hydrogen) atoms. The van der Waals surface area contributed by atoms with Gasteiger partial charge in [-0.1, -0.05) is 28.8 Å². The molecule has 2 rings (SSSR count). The van der Waals surface area contributed by atoms with Crippen molar-refractivity contribution in [3.63, 3.8) is 0 Å². The van der Waals surface area contributed by atoms with Crippen molar-refractivity contribution in [1.82, 2.24) is 0 Å². The average molecular weight is 296 g/mol. The van der Waals surface area contributed by atoms with Gasteiger partial charge in [0.15, 0.2) is 0 Å². The first-order chi connectivity index (χ1) is 8.09. The molecule has 0 aliphatic heterocycles. The summed E-state index contributed by atoms with van der Waals surface area (Å²) in [5.74, 6) is 0.131. The van der Waals surface area contributed by atoms with Gasteiger partial charge in [-0.05, 0) is 31.0 Å². The molecule has 1 fully saturated rings. The molecule has 0 bridgehead atoms. The number of halogens is 1. The van der Waals surface area contributed by atoms with Crippen molar-refractivity contribution in [1.29, 1.82) is 5.41 Å². The molecule has 0 atom stereocenters. The van der Waals surface area contributed by atoms with Gasteiger partial charge >= 0.3 is 0 Å². The minimum atomic E-state index is 0.131. The molecule has 3 N–H and O–H groups in total. The van der Waals surface area contributed by atoms with Crippen molar-refractivity contribution >= 4 is 27.5 Å². The number of hydrogen-bond donors (Lipinski definition) is 2. The summed E-state index contributed by atoms with van der Waals surface area (Å²) in [5.41, 5.74) is 7.53.